The predicted octanol–water partition coefficient (Wildman–Crippen LogP) is 4.41. The van der Waals surface area contributed by atoms with Crippen molar-refractivity contribution in [2.24, 2.45) is 17.8 Å². The molecule has 1 N–H and O–H groups in total. The summed E-state index contributed by atoms with van der Waals surface area (Å²) >= 11 is 1.63. The van der Waals surface area contributed by atoms with Crippen LogP contribution in [0.5, 0.6) is 0 Å². The molecule has 1 aromatic rings. The summed E-state index contributed by atoms with van der Waals surface area (Å²) in [5, 5.41) is 10.6. The number of benzene rings is 1. The smallest absolute Gasteiger partial charge is 0.247 e. The average Bonchev–Trinajstić information content (AvgIpc) is 3.26. The first-order valence-electron chi connectivity index (χ1n) is 15.8. The summed E-state index contributed by atoms with van der Waals surface area (Å²) in [5.74, 6) is -1.27. The molecule has 1 aromatic carbocycles. The number of carbonyl (C=O) groups is 3. The van der Waals surface area contributed by atoms with Crippen LogP contribution >= 0.6 is 11.8 Å². The summed E-state index contributed by atoms with van der Waals surface area (Å²) in [4.78, 5) is 49.7. The Balaban J connectivity index is 1.44. The number of carbonyl (C=O) groups excluding carboxylic acids is 3. The summed E-state index contributed by atoms with van der Waals surface area (Å²) in [6.07, 6.45) is 14.4. The van der Waals surface area contributed by atoms with Gasteiger partial charge in [-0.05, 0) is 37.7 Å². The molecule has 4 aliphatic heterocycles. The van der Waals surface area contributed by atoms with E-state index in [-0.39, 0.29) is 36.3 Å². The van der Waals surface area contributed by atoms with E-state index in [1.165, 1.54) is 6.42 Å². The van der Waals surface area contributed by atoms with Gasteiger partial charge in [0, 0.05) is 30.4 Å². The van der Waals surface area contributed by atoms with Crippen LogP contribution in [0.25, 0.3) is 0 Å². The summed E-state index contributed by atoms with van der Waals surface area (Å²) < 4.78 is -1.51. The molecule has 6 rings (SSSR count). The van der Waals surface area contributed by atoms with Crippen molar-refractivity contribution in [2.45, 2.75) is 93.5 Å². The quantitative estimate of drug-likeness (QED) is 0.475. The highest BCUT2D eigenvalue weighted by molar-refractivity contribution is 8.02. The van der Waals surface area contributed by atoms with E-state index < -0.39 is 33.4 Å². The third kappa shape index (κ3) is 4.83. The molecule has 5 aliphatic rings. The maximum atomic E-state index is 14.8. The fraction of sp³-hybridized carbons (Fsp3) is 0.618. The van der Waals surface area contributed by atoms with Crippen molar-refractivity contribution in [3.63, 3.8) is 0 Å². The monoisotopic (exact) mass is 591 g/mol. The standard InChI is InChI=1S/C34H45N3O4S/c1-23(2)20-26(22-38)37-29-32(41)36(25-14-8-5-9-15-25)19-11-17-34(29)28(31(37)40)27-30(39)35(18-10-16-33(27,3)42-34)21-24-12-6-4-7-13-24/h4,6-7,10-13,16-17,23,25-29,38H,5,8-9,14-15,18-22H2,1-3H3/t26-,27+,28+,29?,33-,34+/m1/s1. The second-order valence-electron chi connectivity index (χ2n) is 13.5. The van der Waals surface area contributed by atoms with E-state index >= 15 is 0 Å². The summed E-state index contributed by atoms with van der Waals surface area (Å²) in [5.41, 5.74) is 1.05. The molecule has 3 amide bonds. The third-order valence-electron chi connectivity index (χ3n) is 10.2. The Morgan fingerprint density at radius 3 is 2.33 bits per heavy atom. The van der Waals surface area contributed by atoms with Crippen molar-refractivity contribution in [2.75, 3.05) is 19.7 Å². The lowest BCUT2D eigenvalue weighted by Crippen LogP contribution is -2.58. The summed E-state index contributed by atoms with van der Waals surface area (Å²) in [7, 11) is 0. The summed E-state index contributed by atoms with van der Waals surface area (Å²) in [6.45, 7) is 7.51. The number of fused-ring (bicyclic) bond motifs is 2. The maximum absolute atomic E-state index is 14.8. The van der Waals surface area contributed by atoms with Crippen molar-refractivity contribution < 1.29 is 19.5 Å². The molecular weight excluding hydrogens is 546 g/mol. The minimum Gasteiger partial charge on any atom is -0.394 e. The first-order chi connectivity index (χ1) is 20.2. The Morgan fingerprint density at radius 1 is 0.929 bits per heavy atom. The van der Waals surface area contributed by atoms with Crippen LogP contribution in [0.1, 0.15) is 64.9 Å². The Hall–Kier alpha value is -2.58. The van der Waals surface area contributed by atoms with Crippen molar-refractivity contribution >= 4 is 29.5 Å². The van der Waals surface area contributed by atoms with Crippen molar-refractivity contribution in [1.29, 1.82) is 0 Å². The predicted molar refractivity (Wildman–Crippen MR) is 165 cm³/mol. The van der Waals surface area contributed by atoms with Gasteiger partial charge in [0.15, 0.2) is 0 Å². The van der Waals surface area contributed by atoms with Crippen LogP contribution in [0.2, 0.25) is 0 Å². The van der Waals surface area contributed by atoms with Gasteiger partial charge in [0.05, 0.1) is 29.2 Å². The SMILES string of the molecule is CC(C)C[C@H](CO)N1C(=O)[C@@H]2[C@H]3C(=O)N(Cc4ccccc4)CC=C[C@@]3(C)S[C@@]23C=CCN(C2CCCCC2)C(=O)C13. The number of amides is 3. The van der Waals surface area contributed by atoms with Gasteiger partial charge in [0.2, 0.25) is 17.7 Å². The number of thioether (sulfide) groups is 1. The lowest BCUT2D eigenvalue weighted by Gasteiger charge is -2.42. The highest BCUT2D eigenvalue weighted by Crippen LogP contribution is 2.66. The molecule has 0 bridgehead atoms. The first kappa shape index (κ1) is 29.5. The van der Waals surface area contributed by atoms with Gasteiger partial charge in [-0.1, -0.05) is 87.7 Å². The average molecular weight is 592 g/mol. The van der Waals surface area contributed by atoms with Crippen LogP contribution in [0.3, 0.4) is 0 Å². The molecule has 1 spiro atoms. The van der Waals surface area contributed by atoms with Crippen LogP contribution in [0.15, 0.2) is 54.6 Å². The highest BCUT2D eigenvalue weighted by atomic mass is 32.2. The minimum absolute atomic E-state index is 0.0184. The van der Waals surface area contributed by atoms with E-state index in [0.717, 1.165) is 31.2 Å². The van der Waals surface area contributed by atoms with Crippen LogP contribution in [-0.4, -0.2) is 84.8 Å². The lowest BCUT2D eigenvalue weighted by atomic mass is 9.74. The Morgan fingerprint density at radius 2 is 1.64 bits per heavy atom. The molecule has 42 heavy (non-hydrogen) atoms. The van der Waals surface area contributed by atoms with Crippen molar-refractivity contribution in [3.8, 4) is 0 Å². The third-order valence-corrected chi connectivity index (χ3v) is 12.0. The number of nitrogens with zero attached hydrogens (tertiary/aromatic N) is 3. The number of aliphatic hydroxyl groups excluding tert-OH is 1. The fourth-order valence-corrected chi connectivity index (χ4v) is 10.6. The van der Waals surface area contributed by atoms with E-state index in [9.17, 15) is 19.5 Å². The maximum Gasteiger partial charge on any atom is 0.247 e. The van der Waals surface area contributed by atoms with Crippen LogP contribution in [0.4, 0.5) is 0 Å². The molecule has 226 valence electrons. The van der Waals surface area contributed by atoms with E-state index in [4.69, 9.17) is 0 Å². The van der Waals surface area contributed by atoms with Gasteiger partial charge in [-0.15, -0.1) is 11.8 Å². The van der Waals surface area contributed by atoms with E-state index in [1.807, 2.05) is 40.1 Å². The largest absolute Gasteiger partial charge is 0.394 e. The topological polar surface area (TPSA) is 81.2 Å². The van der Waals surface area contributed by atoms with Gasteiger partial charge >= 0.3 is 0 Å². The summed E-state index contributed by atoms with van der Waals surface area (Å²) in [6, 6.07) is 8.91. The van der Waals surface area contributed by atoms with E-state index in [0.29, 0.717) is 26.1 Å². The molecule has 0 aromatic heterocycles. The van der Waals surface area contributed by atoms with Crippen LogP contribution < -0.4 is 0 Å². The Bertz CT molecular complexity index is 1260. The number of hydrogen-bond acceptors (Lipinski definition) is 5. The molecule has 1 saturated carbocycles. The zero-order valence-corrected chi connectivity index (χ0v) is 26.0. The number of likely N-dealkylation sites (tertiary alicyclic amines) is 1. The zero-order valence-electron chi connectivity index (χ0n) is 25.2. The normalized spacial score (nSPS) is 34.0. The number of hydrogen-bond donors (Lipinski definition) is 1. The molecule has 2 saturated heterocycles. The molecule has 1 unspecified atom stereocenters. The van der Waals surface area contributed by atoms with Crippen LogP contribution in [0, 0.1) is 17.8 Å². The number of rotatable bonds is 7. The van der Waals surface area contributed by atoms with Gasteiger partial charge in [0.25, 0.3) is 0 Å². The Kier molecular flexibility index (Phi) is 8.07. The lowest BCUT2D eigenvalue weighted by molar-refractivity contribution is -0.148. The molecule has 3 fully saturated rings. The Labute approximate surface area is 254 Å². The molecular formula is C34H45N3O4S. The van der Waals surface area contributed by atoms with Gasteiger partial charge in [-0.25, -0.2) is 0 Å². The van der Waals surface area contributed by atoms with E-state index in [2.05, 4.69) is 45.1 Å². The molecule has 0 radical (unpaired) electrons. The molecule has 1 aliphatic carbocycles. The van der Waals surface area contributed by atoms with Gasteiger partial charge in [0.1, 0.15) is 6.04 Å². The molecule has 7 nitrogen and oxygen atoms in total. The van der Waals surface area contributed by atoms with Crippen molar-refractivity contribution in [1.82, 2.24) is 14.7 Å². The zero-order chi connectivity index (χ0) is 29.6. The highest BCUT2D eigenvalue weighted by Gasteiger charge is 2.74. The first-order valence-corrected chi connectivity index (χ1v) is 16.6. The molecule has 4 heterocycles. The minimum atomic E-state index is -0.878. The second-order valence-corrected chi connectivity index (χ2v) is 15.3. The van der Waals surface area contributed by atoms with E-state index in [1.54, 1.807) is 16.7 Å². The second kappa shape index (κ2) is 11.5. The molecule has 6 atom stereocenters. The van der Waals surface area contributed by atoms with Gasteiger partial charge < -0.3 is 19.8 Å². The van der Waals surface area contributed by atoms with Gasteiger partial charge in [-0.3, -0.25) is 14.4 Å². The number of aliphatic hydroxyl groups is 1. The molecule has 8 heteroatoms. The van der Waals surface area contributed by atoms with Crippen LogP contribution in [-0.2, 0) is 20.9 Å². The van der Waals surface area contributed by atoms with Gasteiger partial charge in [-0.2, -0.15) is 0 Å². The van der Waals surface area contributed by atoms with Crippen molar-refractivity contribution in [3.05, 3.63) is 60.2 Å². The fourth-order valence-electron chi connectivity index (χ4n) is 8.41.